The number of allylic oxidation sites excluding steroid dienone is 4. The molecule has 1 N–H and O–H groups in total. The molecule has 0 heterocycles. The van der Waals surface area contributed by atoms with Crippen LogP contribution in [0.15, 0.2) is 65.8 Å². The van der Waals surface area contributed by atoms with Crippen LogP contribution in [0, 0.1) is 20.8 Å². The van der Waals surface area contributed by atoms with Crippen molar-refractivity contribution in [1.82, 2.24) is 0 Å². The van der Waals surface area contributed by atoms with Crippen molar-refractivity contribution in [1.29, 1.82) is 0 Å². The fraction of sp³-hybridized carbons (Fsp3) is 0.259. The van der Waals surface area contributed by atoms with E-state index in [4.69, 9.17) is 0 Å². The minimum atomic E-state index is -0.353. The van der Waals surface area contributed by atoms with E-state index in [1.807, 2.05) is 0 Å². The summed E-state index contributed by atoms with van der Waals surface area (Å²) in [5.74, 6) is 0. The van der Waals surface area contributed by atoms with Crippen molar-refractivity contribution in [3.05, 3.63) is 93.6 Å². The van der Waals surface area contributed by atoms with E-state index in [0.717, 1.165) is 11.1 Å². The molecular formula is C27H31Cl2NTi. The quantitative estimate of drug-likeness (QED) is 0.356. The molecular weight excluding hydrogens is 457 g/mol. The van der Waals surface area contributed by atoms with Crippen LogP contribution in [0.2, 0.25) is 0 Å². The number of anilines is 1. The summed E-state index contributed by atoms with van der Waals surface area (Å²) in [4.78, 5) is 0. The Balaban J connectivity index is 0.00000171. The van der Waals surface area contributed by atoms with Gasteiger partial charge in [-0.25, -0.2) is 0 Å². The van der Waals surface area contributed by atoms with Crippen molar-refractivity contribution in [3.63, 3.8) is 0 Å². The maximum Gasteiger partial charge on any atom is -0.147 e. The molecule has 31 heavy (non-hydrogen) atoms. The average Bonchev–Trinajstić information content (AvgIpc) is 3.01. The number of nitrogens with one attached hydrogen (secondary N) is 1. The van der Waals surface area contributed by atoms with Gasteiger partial charge in [0, 0.05) is 0 Å². The van der Waals surface area contributed by atoms with Gasteiger partial charge in [0.25, 0.3) is 0 Å². The molecule has 162 valence electrons. The molecule has 0 bridgehead atoms. The van der Waals surface area contributed by atoms with Crippen LogP contribution in [-0.4, -0.2) is 0 Å². The topological polar surface area (TPSA) is 12.0 Å². The molecule has 3 aromatic carbocycles. The van der Waals surface area contributed by atoms with Gasteiger partial charge in [0.05, 0.1) is 0 Å². The van der Waals surface area contributed by atoms with Crippen LogP contribution in [0.25, 0.3) is 16.3 Å². The van der Waals surface area contributed by atoms with Crippen LogP contribution < -0.4 is 3.80 Å². The smallest absolute Gasteiger partial charge is 0.147 e. The van der Waals surface area contributed by atoms with Gasteiger partial charge in [0.15, 0.2) is 0 Å². The minimum absolute atomic E-state index is 0. The Kier molecular flexibility index (Phi) is 9.04. The largest absolute Gasteiger partial charge is 0.147 e. The Morgan fingerprint density at radius 3 is 2.19 bits per heavy atom. The van der Waals surface area contributed by atoms with Gasteiger partial charge in [-0.3, -0.25) is 0 Å². The molecule has 0 atom stereocenters. The summed E-state index contributed by atoms with van der Waals surface area (Å²) < 4.78 is 4.99. The zero-order chi connectivity index (χ0) is 20.5. The molecule has 0 radical (unpaired) electrons. The Hall–Kier alpha value is -1.51. The minimum Gasteiger partial charge on any atom is -0.147 e. The normalized spacial score (nSPS) is 12.9. The predicted molar refractivity (Wildman–Crippen MR) is 137 cm³/mol. The summed E-state index contributed by atoms with van der Waals surface area (Å²) in [7, 11) is 0. The van der Waals surface area contributed by atoms with Crippen molar-refractivity contribution < 1.29 is 19.4 Å². The third-order valence-corrected chi connectivity index (χ3v) is 7.41. The first-order valence-corrected chi connectivity index (χ1v) is 12.3. The van der Waals surface area contributed by atoms with Crippen LogP contribution in [0.1, 0.15) is 48.1 Å². The molecule has 4 heteroatoms. The molecule has 1 aliphatic rings. The first kappa shape index (κ1) is 25.8. The van der Waals surface area contributed by atoms with Gasteiger partial charge >= 0.3 is 185 Å². The Morgan fingerprint density at radius 1 is 0.871 bits per heavy atom. The summed E-state index contributed by atoms with van der Waals surface area (Å²) in [6, 6.07) is 18.1. The van der Waals surface area contributed by atoms with E-state index >= 15 is 0 Å². The van der Waals surface area contributed by atoms with E-state index in [0.29, 0.717) is 0 Å². The van der Waals surface area contributed by atoms with Gasteiger partial charge in [0.2, 0.25) is 0 Å². The van der Waals surface area contributed by atoms with Crippen LogP contribution in [0.3, 0.4) is 0 Å². The molecule has 0 fully saturated rings. The number of hydrogen-bond acceptors (Lipinski definition) is 1. The van der Waals surface area contributed by atoms with E-state index in [9.17, 15) is 0 Å². The fourth-order valence-electron chi connectivity index (χ4n) is 4.64. The first-order chi connectivity index (χ1) is 13.9. The van der Waals surface area contributed by atoms with Crippen LogP contribution in [0.4, 0.5) is 5.69 Å². The van der Waals surface area contributed by atoms with Crippen LogP contribution in [-0.2, 0) is 24.1 Å². The molecule has 1 nitrogen and oxygen atoms in total. The Labute approximate surface area is 208 Å². The Morgan fingerprint density at radius 2 is 1.55 bits per heavy atom. The third-order valence-electron chi connectivity index (χ3n) is 5.92. The number of rotatable bonds is 5. The number of aryl methyl sites for hydroxylation is 3. The molecule has 0 unspecified atom stereocenters. The summed E-state index contributed by atoms with van der Waals surface area (Å²) in [6.07, 6.45) is 3.43. The standard InChI is InChI=1S/C18H17.C9H12N.2ClH.Ti/c1-12-10-13(2)18(11-12)17-9-8-15-6-4-5-7-16(15)14(17)3;1-6-4-7(2)9(10)8(3)5-6;;;/h4-10H,3,11H2,1-2H3;4-5,10H,1-3H3;2*1H;/q;-1;;;+1. The molecule has 0 saturated carbocycles. The van der Waals surface area contributed by atoms with Crippen molar-refractivity contribution in [3.8, 4) is 0 Å². The molecule has 0 saturated heterocycles. The van der Waals surface area contributed by atoms with Crippen molar-refractivity contribution in [2.75, 3.05) is 3.80 Å². The zero-order valence-electron chi connectivity index (χ0n) is 18.9. The van der Waals surface area contributed by atoms with Gasteiger partial charge in [-0.05, 0) is 0 Å². The number of fused-ring (bicyclic) bond motifs is 1. The average molecular weight is 488 g/mol. The summed E-state index contributed by atoms with van der Waals surface area (Å²) in [6.45, 7) is 11.1. The van der Waals surface area contributed by atoms with Crippen LogP contribution >= 0.6 is 24.8 Å². The second-order valence-electron chi connectivity index (χ2n) is 8.39. The van der Waals surface area contributed by atoms with Crippen LogP contribution in [0.5, 0.6) is 0 Å². The van der Waals surface area contributed by atoms with Gasteiger partial charge in [0.1, 0.15) is 0 Å². The monoisotopic (exact) mass is 487 g/mol. The summed E-state index contributed by atoms with van der Waals surface area (Å²) >= 11 is -0.353. The van der Waals surface area contributed by atoms with E-state index < -0.39 is 0 Å². The first-order valence-electron chi connectivity index (χ1n) is 10.4. The van der Waals surface area contributed by atoms with Crippen molar-refractivity contribution in [2.45, 2.75) is 45.8 Å². The molecule has 0 aliphatic heterocycles. The van der Waals surface area contributed by atoms with Gasteiger partial charge < -0.3 is 0 Å². The number of benzene rings is 3. The second-order valence-corrected chi connectivity index (χ2v) is 9.89. The fourth-order valence-corrected chi connectivity index (χ4v) is 6.54. The van der Waals surface area contributed by atoms with E-state index in [1.165, 1.54) is 61.0 Å². The Bertz CT molecular complexity index is 1140. The summed E-state index contributed by atoms with van der Waals surface area (Å²) in [5.41, 5.74) is 12.8. The maximum absolute atomic E-state index is 3.86. The molecule has 3 aromatic rings. The van der Waals surface area contributed by atoms with Crippen molar-refractivity contribution in [2.24, 2.45) is 0 Å². The SMILES string of the molecule is CC1=CC(C)=C(c2ccc3ccccc3c2[CH2][Ti][NH]c2c(C)cc(C)cc2C)C1.Cl.Cl. The van der Waals surface area contributed by atoms with Gasteiger partial charge in [-0.1, -0.05) is 0 Å². The predicted octanol–water partition coefficient (Wildman–Crippen LogP) is 8.34. The summed E-state index contributed by atoms with van der Waals surface area (Å²) in [5, 5.41) is 2.76. The van der Waals surface area contributed by atoms with Gasteiger partial charge in [-0.15, -0.1) is 24.8 Å². The number of hydrogen-bond donors (Lipinski definition) is 1. The third kappa shape index (κ3) is 5.47. The maximum atomic E-state index is 3.86. The molecule has 0 spiro atoms. The van der Waals surface area contributed by atoms with E-state index in [2.05, 4.69) is 93.0 Å². The van der Waals surface area contributed by atoms with Gasteiger partial charge in [-0.2, -0.15) is 0 Å². The van der Waals surface area contributed by atoms with E-state index in [-0.39, 0.29) is 44.2 Å². The van der Waals surface area contributed by atoms with Crippen molar-refractivity contribution >= 4 is 46.8 Å². The molecule has 4 rings (SSSR count). The molecule has 1 aliphatic carbocycles. The number of halogens is 2. The van der Waals surface area contributed by atoms with E-state index in [1.54, 1.807) is 0 Å². The zero-order valence-corrected chi connectivity index (χ0v) is 22.1. The molecule has 0 amide bonds. The molecule has 0 aromatic heterocycles. The second kappa shape index (κ2) is 10.9.